The molecule has 1 N–H and O–H groups in total. The Bertz CT molecular complexity index is 1020. The van der Waals surface area contributed by atoms with Crippen molar-refractivity contribution in [2.24, 2.45) is 0 Å². The summed E-state index contributed by atoms with van der Waals surface area (Å²) in [6.07, 6.45) is 2.50. The summed E-state index contributed by atoms with van der Waals surface area (Å²) in [5.74, 6) is -0.150. The predicted molar refractivity (Wildman–Crippen MR) is 105 cm³/mol. The van der Waals surface area contributed by atoms with E-state index in [0.29, 0.717) is 10.9 Å². The fraction of sp³-hybridized carbons (Fsp3) is 0.300. The van der Waals surface area contributed by atoms with Crippen LogP contribution in [0.1, 0.15) is 19.3 Å². The second-order valence-electron chi connectivity index (χ2n) is 6.64. The van der Waals surface area contributed by atoms with Crippen LogP contribution in [0.25, 0.3) is 10.9 Å². The Kier molecular flexibility index (Phi) is 4.82. The molecule has 7 nitrogen and oxygen atoms in total. The van der Waals surface area contributed by atoms with Crippen molar-refractivity contribution >= 4 is 28.2 Å². The average Bonchev–Trinajstić information content (AvgIpc) is 3.23. The van der Waals surface area contributed by atoms with Crippen LogP contribution in [-0.4, -0.2) is 34.0 Å². The summed E-state index contributed by atoms with van der Waals surface area (Å²) in [4.78, 5) is 27.2. The number of para-hydroxylation sites is 2. The van der Waals surface area contributed by atoms with Gasteiger partial charge in [-0.2, -0.15) is 0 Å². The number of hydrogen-bond donors (Lipinski definition) is 1. The molecule has 0 radical (unpaired) electrons. The second kappa shape index (κ2) is 7.57. The third-order valence-electron chi connectivity index (χ3n) is 4.80. The van der Waals surface area contributed by atoms with E-state index in [2.05, 4.69) is 20.5 Å². The van der Waals surface area contributed by atoms with E-state index in [1.165, 1.54) is 17.5 Å². The van der Waals surface area contributed by atoms with E-state index in [1.807, 2.05) is 30.3 Å². The number of hydrogen-bond acceptors (Lipinski definition) is 5. The molecule has 1 aliphatic heterocycles. The first-order valence-corrected chi connectivity index (χ1v) is 9.19. The lowest BCUT2D eigenvalue weighted by atomic mass is 10.2. The minimum absolute atomic E-state index is 0.150. The van der Waals surface area contributed by atoms with Gasteiger partial charge in [0.05, 0.1) is 23.3 Å². The van der Waals surface area contributed by atoms with Crippen molar-refractivity contribution < 1.29 is 4.79 Å². The number of carbonyl (C=O) groups is 1. The molecule has 138 valence electrons. The first-order chi connectivity index (χ1) is 13.2. The molecular weight excluding hydrogens is 342 g/mol. The van der Waals surface area contributed by atoms with Crippen LogP contribution in [0, 0.1) is 0 Å². The van der Waals surface area contributed by atoms with Gasteiger partial charge in [-0.05, 0) is 37.1 Å². The zero-order valence-electron chi connectivity index (χ0n) is 15.0. The van der Waals surface area contributed by atoms with Crippen LogP contribution in [-0.2, 0) is 11.3 Å². The Morgan fingerprint density at radius 1 is 1.04 bits per heavy atom. The SMILES string of the molecule is O=C(CCn1nnc2ccccc2c1=O)Nc1ccccc1N1CCCC1. The molecule has 1 fully saturated rings. The normalized spacial score (nSPS) is 13.9. The monoisotopic (exact) mass is 363 g/mol. The molecular formula is C20H21N5O2. The number of carbonyl (C=O) groups excluding carboxylic acids is 1. The van der Waals surface area contributed by atoms with Crippen LogP contribution < -0.4 is 15.8 Å². The standard InChI is InChI=1S/C20H21N5O2/c26-19(21-17-9-3-4-10-18(17)24-12-5-6-13-24)11-14-25-20(27)15-7-1-2-8-16(15)22-23-25/h1-4,7-10H,5-6,11-14H2,(H,21,26). The van der Waals surface area contributed by atoms with Gasteiger partial charge in [0, 0.05) is 19.5 Å². The van der Waals surface area contributed by atoms with Gasteiger partial charge in [0.25, 0.3) is 5.56 Å². The molecule has 1 aliphatic rings. The summed E-state index contributed by atoms with van der Waals surface area (Å²) < 4.78 is 1.24. The van der Waals surface area contributed by atoms with E-state index in [4.69, 9.17) is 0 Å². The Morgan fingerprint density at radius 3 is 2.63 bits per heavy atom. The zero-order valence-corrected chi connectivity index (χ0v) is 15.0. The van der Waals surface area contributed by atoms with Crippen molar-refractivity contribution in [1.82, 2.24) is 15.0 Å². The fourth-order valence-electron chi connectivity index (χ4n) is 3.40. The first-order valence-electron chi connectivity index (χ1n) is 9.19. The number of amides is 1. The molecule has 0 atom stereocenters. The van der Waals surface area contributed by atoms with Gasteiger partial charge < -0.3 is 10.2 Å². The van der Waals surface area contributed by atoms with Crippen LogP contribution in [0.5, 0.6) is 0 Å². The van der Waals surface area contributed by atoms with Crippen LogP contribution >= 0.6 is 0 Å². The molecule has 0 saturated carbocycles. The number of rotatable bonds is 5. The highest BCUT2D eigenvalue weighted by atomic mass is 16.2. The summed E-state index contributed by atoms with van der Waals surface area (Å²) in [6, 6.07) is 14.9. The predicted octanol–water partition coefficient (Wildman–Crippen LogP) is 2.42. The quantitative estimate of drug-likeness (QED) is 0.753. The van der Waals surface area contributed by atoms with Crippen LogP contribution in [0.4, 0.5) is 11.4 Å². The lowest BCUT2D eigenvalue weighted by Gasteiger charge is -2.21. The largest absolute Gasteiger partial charge is 0.370 e. The summed E-state index contributed by atoms with van der Waals surface area (Å²) in [6.45, 7) is 2.21. The van der Waals surface area contributed by atoms with Crippen LogP contribution in [0.15, 0.2) is 53.3 Å². The minimum Gasteiger partial charge on any atom is -0.370 e. The molecule has 3 aromatic rings. The summed E-state index contributed by atoms with van der Waals surface area (Å²) in [5, 5.41) is 11.5. The van der Waals surface area contributed by atoms with E-state index in [0.717, 1.165) is 24.5 Å². The molecule has 2 heterocycles. The van der Waals surface area contributed by atoms with Gasteiger partial charge in [0.15, 0.2) is 0 Å². The van der Waals surface area contributed by atoms with Crippen molar-refractivity contribution in [3.8, 4) is 0 Å². The average molecular weight is 363 g/mol. The molecule has 1 amide bonds. The second-order valence-corrected chi connectivity index (χ2v) is 6.64. The maximum absolute atomic E-state index is 12.4. The molecule has 2 aromatic carbocycles. The number of nitrogens with zero attached hydrogens (tertiary/aromatic N) is 4. The molecule has 0 spiro atoms. The number of aryl methyl sites for hydroxylation is 1. The number of anilines is 2. The summed E-state index contributed by atoms with van der Waals surface area (Å²) >= 11 is 0. The van der Waals surface area contributed by atoms with E-state index in [-0.39, 0.29) is 24.4 Å². The highest BCUT2D eigenvalue weighted by molar-refractivity contribution is 5.94. The van der Waals surface area contributed by atoms with Crippen molar-refractivity contribution in [3.63, 3.8) is 0 Å². The first kappa shape index (κ1) is 17.2. The molecule has 27 heavy (non-hydrogen) atoms. The molecule has 7 heteroatoms. The fourth-order valence-corrected chi connectivity index (χ4v) is 3.40. The van der Waals surface area contributed by atoms with Crippen molar-refractivity contribution in [3.05, 3.63) is 58.9 Å². The highest BCUT2D eigenvalue weighted by Crippen LogP contribution is 2.28. The Labute approximate surface area is 156 Å². The minimum atomic E-state index is -0.231. The van der Waals surface area contributed by atoms with Crippen LogP contribution in [0.3, 0.4) is 0 Å². The van der Waals surface area contributed by atoms with E-state index in [9.17, 15) is 9.59 Å². The van der Waals surface area contributed by atoms with Gasteiger partial charge in [-0.15, -0.1) is 5.10 Å². The van der Waals surface area contributed by atoms with Gasteiger partial charge in [0.2, 0.25) is 5.91 Å². The number of aromatic nitrogens is 3. The lowest BCUT2D eigenvalue weighted by Crippen LogP contribution is -2.27. The molecule has 0 aliphatic carbocycles. The Morgan fingerprint density at radius 2 is 1.78 bits per heavy atom. The third-order valence-corrected chi connectivity index (χ3v) is 4.80. The zero-order chi connectivity index (χ0) is 18.6. The van der Waals surface area contributed by atoms with Crippen molar-refractivity contribution in [2.45, 2.75) is 25.8 Å². The maximum Gasteiger partial charge on any atom is 0.277 e. The molecule has 4 rings (SSSR count). The summed E-state index contributed by atoms with van der Waals surface area (Å²) in [5.41, 5.74) is 2.18. The van der Waals surface area contributed by atoms with Crippen molar-refractivity contribution in [1.29, 1.82) is 0 Å². The van der Waals surface area contributed by atoms with E-state index in [1.54, 1.807) is 18.2 Å². The molecule has 0 unspecified atom stereocenters. The molecule has 1 saturated heterocycles. The highest BCUT2D eigenvalue weighted by Gasteiger charge is 2.16. The Balaban J connectivity index is 1.45. The third kappa shape index (κ3) is 3.67. The van der Waals surface area contributed by atoms with Gasteiger partial charge in [-0.25, -0.2) is 4.68 Å². The molecule has 0 bridgehead atoms. The topological polar surface area (TPSA) is 80.1 Å². The number of nitrogens with one attached hydrogen (secondary N) is 1. The van der Waals surface area contributed by atoms with Crippen LogP contribution in [0.2, 0.25) is 0 Å². The summed E-state index contributed by atoms with van der Waals surface area (Å²) in [7, 11) is 0. The number of benzene rings is 2. The Hall–Kier alpha value is -3.22. The van der Waals surface area contributed by atoms with E-state index < -0.39 is 0 Å². The van der Waals surface area contributed by atoms with Crippen molar-refractivity contribution in [2.75, 3.05) is 23.3 Å². The smallest absolute Gasteiger partial charge is 0.277 e. The van der Waals surface area contributed by atoms with Gasteiger partial charge >= 0.3 is 0 Å². The van der Waals surface area contributed by atoms with Gasteiger partial charge in [-0.1, -0.05) is 29.5 Å². The lowest BCUT2D eigenvalue weighted by molar-refractivity contribution is -0.116. The van der Waals surface area contributed by atoms with Gasteiger partial charge in [-0.3, -0.25) is 9.59 Å². The van der Waals surface area contributed by atoms with E-state index >= 15 is 0 Å². The van der Waals surface area contributed by atoms with Gasteiger partial charge in [0.1, 0.15) is 5.52 Å². The maximum atomic E-state index is 12.4. The number of fused-ring (bicyclic) bond motifs is 1. The molecule has 1 aromatic heterocycles.